The Morgan fingerprint density at radius 1 is 1.18 bits per heavy atom. The third-order valence-electron chi connectivity index (χ3n) is 2.32. The molecule has 88 valence electrons. The van der Waals surface area contributed by atoms with Crippen LogP contribution in [-0.4, -0.2) is 9.55 Å². The summed E-state index contributed by atoms with van der Waals surface area (Å²) >= 11 is 0. The minimum Gasteiger partial charge on any atom is -0.323 e. The van der Waals surface area contributed by atoms with Crippen LogP contribution in [0.25, 0.3) is 5.69 Å². The first-order chi connectivity index (χ1) is 8.00. The molecule has 0 atom stereocenters. The standard InChI is InChI=1S/C11H8F2N2O2/c1-6-5-14-10(16)11(17)15(6)7-2-3-8(12)9(13)4-7/h2-5H,1H3,(H,14,16). The summed E-state index contributed by atoms with van der Waals surface area (Å²) in [6, 6.07) is 2.99. The van der Waals surface area contributed by atoms with Crippen LogP contribution in [0, 0.1) is 18.6 Å². The highest BCUT2D eigenvalue weighted by Gasteiger charge is 2.09. The van der Waals surface area contributed by atoms with E-state index in [2.05, 4.69) is 4.98 Å². The summed E-state index contributed by atoms with van der Waals surface area (Å²) in [6.07, 6.45) is 1.32. The van der Waals surface area contributed by atoms with Crippen LogP contribution >= 0.6 is 0 Å². The molecular weight excluding hydrogens is 230 g/mol. The average Bonchev–Trinajstić information content (AvgIpc) is 2.29. The maximum atomic E-state index is 13.1. The maximum absolute atomic E-state index is 13.1. The zero-order chi connectivity index (χ0) is 12.6. The van der Waals surface area contributed by atoms with Gasteiger partial charge >= 0.3 is 11.1 Å². The number of hydrogen-bond acceptors (Lipinski definition) is 2. The molecule has 4 nitrogen and oxygen atoms in total. The Balaban J connectivity index is 2.77. The van der Waals surface area contributed by atoms with Crippen molar-refractivity contribution < 1.29 is 8.78 Å². The Morgan fingerprint density at radius 3 is 2.53 bits per heavy atom. The molecule has 0 aliphatic heterocycles. The van der Waals surface area contributed by atoms with E-state index in [-0.39, 0.29) is 5.69 Å². The van der Waals surface area contributed by atoms with Gasteiger partial charge in [0.15, 0.2) is 11.6 Å². The number of rotatable bonds is 1. The van der Waals surface area contributed by atoms with Crippen molar-refractivity contribution in [2.45, 2.75) is 6.92 Å². The van der Waals surface area contributed by atoms with Gasteiger partial charge in [0.2, 0.25) is 0 Å². The molecule has 0 saturated carbocycles. The number of halogens is 2. The molecule has 17 heavy (non-hydrogen) atoms. The normalized spacial score (nSPS) is 10.5. The lowest BCUT2D eigenvalue weighted by molar-refractivity contribution is 0.507. The second kappa shape index (κ2) is 3.97. The van der Waals surface area contributed by atoms with E-state index in [0.717, 1.165) is 16.7 Å². The van der Waals surface area contributed by atoms with E-state index in [1.54, 1.807) is 6.92 Å². The summed E-state index contributed by atoms with van der Waals surface area (Å²) in [5.41, 5.74) is -1.13. The fraction of sp³-hybridized carbons (Fsp3) is 0.0909. The van der Waals surface area contributed by atoms with Gasteiger partial charge in [-0.1, -0.05) is 0 Å². The molecule has 1 aromatic carbocycles. The largest absolute Gasteiger partial charge is 0.323 e. The minimum absolute atomic E-state index is 0.109. The zero-order valence-corrected chi connectivity index (χ0v) is 8.83. The molecule has 0 aliphatic rings. The first kappa shape index (κ1) is 11.3. The Hall–Kier alpha value is -2.24. The molecule has 6 heteroatoms. The van der Waals surface area contributed by atoms with E-state index < -0.39 is 22.8 Å². The summed E-state index contributed by atoms with van der Waals surface area (Å²) in [4.78, 5) is 25.0. The van der Waals surface area contributed by atoms with E-state index in [4.69, 9.17) is 0 Å². The second-order valence-corrected chi connectivity index (χ2v) is 3.50. The highest BCUT2D eigenvalue weighted by Crippen LogP contribution is 2.12. The molecule has 2 aromatic rings. The molecule has 0 radical (unpaired) electrons. The smallest absolute Gasteiger partial charge is 0.320 e. The SMILES string of the molecule is Cc1c[nH]c(=O)c(=O)n1-c1ccc(F)c(F)c1. The fourth-order valence-electron chi connectivity index (χ4n) is 1.50. The molecule has 1 heterocycles. The van der Waals surface area contributed by atoms with Crippen LogP contribution < -0.4 is 11.1 Å². The van der Waals surface area contributed by atoms with Gasteiger partial charge in [0.1, 0.15) is 0 Å². The number of hydrogen-bond donors (Lipinski definition) is 1. The van der Waals surface area contributed by atoms with Gasteiger partial charge in [-0.15, -0.1) is 0 Å². The summed E-state index contributed by atoms with van der Waals surface area (Å²) in [6.45, 7) is 1.57. The predicted octanol–water partition coefficient (Wildman–Crippen LogP) is 1.11. The van der Waals surface area contributed by atoms with Crippen LogP contribution in [0.4, 0.5) is 8.78 Å². The molecule has 0 spiro atoms. The minimum atomic E-state index is -1.07. The highest BCUT2D eigenvalue weighted by atomic mass is 19.2. The van der Waals surface area contributed by atoms with Crippen molar-refractivity contribution in [1.82, 2.24) is 9.55 Å². The van der Waals surface area contributed by atoms with Gasteiger partial charge in [-0.3, -0.25) is 14.2 Å². The summed E-state index contributed by atoms with van der Waals surface area (Å²) < 4.78 is 26.8. The van der Waals surface area contributed by atoms with Gasteiger partial charge < -0.3 is 4.98 Å². The molecule has 0 fully saturated rings. The van der Waals surface area contributed by atoms with Crippen LogP contribution in [0.2, 0.25) is 0 Å². The van der Waals surface area contributed by atoms with Crippen LogP contribution in [-0.2, 0) is 0 Å². The molecular formula is C11H8F2N2O2. The van der Waals surface area contributed by atoms with Gasteiger partial charge in [-0.25, -0.2) is 8.78 Å². The van der Waals surface area contributed by atoms with Crippen molar-refractivity contribution in [1.29, 1.82) is 0 Å². The number of aromatic amines is 1. The van der Waals surface area contributed by atoms with Crippen molar-refractivity contribution in [3.05, 3.63) is 62.4 Å². The van der Waals surface area contributed by atoms with E-state index in [9.17, 15) is 18.4 Å². The Morgan fingerprint density at radius 2 is 1.88 bits per heavy atom. The first-order valence-corrected chi connectivity index (χ1v) is 4.77. The lowest BCUT2D eigenvalue weighted by atomic mass is 10.3. The van der Waals surface area contributed by atoms with Crippen LogP contribution in [0.3, 0.4) is 0 Å². The molecule has 0 saturated heterocycles. The van der Waals surface area contributed by atoms with Crippen molar-refractivity contribution in [2.24, 2.45) is 0 Å². The predicted molar refractivity (Wildman–Crippen MR) is 57.3 cm³/mol. The van der Waals surface area contributed by atoms with E-state index >= 15 is 0 Å². The van der Waals surface area contributed by atoms with Crippen LogP contribution in [0.15, 0.2) is 34.0 Å². The summed E-state index contributed by atoms with van der Waals surface area (Å²) in [5, 5.41) is 0. The molecule has 0 amide bonds. The summed E-state index contributed by atoms with van der Waals surface area (Å²) in [5.74, 6) is -2.08. The van der Waals surface area contributed by atoms with Gasteiger partial charge in [-0.2, -0.15) is 0 Å². The van der Waals surface area contributed by atoms with Crippen molar-refractivity contribution in [3.63, 3.8) is 0 Å². The monoisotopic (exact) mass is 238 g/mol. The third-order valence-corrected chi connectivity index (χ3v) is 2.32. The van der Waals surface area contributed by atoms with E-state index in [1.165, 1.54) is 12.3 Å². The Bertz CT molecular complexity index is 689. The lowest BCUT2D eigenvalue weighted by Crippen LogP contribution is -2.36. The Kier molecular flexibility index (Phi) is 2.63. The number of nitrogens with zero attached hydrogens (tertiary/aromatic N) is 1. The van der Waals surface area contributed by atoms with Crippen molar-refractivity contribution in [2.75, 3.05) is 0 Å². The number of aryl methyl sites for hydroxylation is 1. The zero-order valence-electron chi connectivity index (χ0n) is 8.83. The lowest BCUT2D eigenvalue weighted by Gasteiger charge is -2.08. The van der Waals surface area contributed by atoms with Crippen molar-refractivity contribution in [3.8, 4) is 5.69 Å². The molecule has 0 bridgehead atoms. The maximum Gasteiger partial charge on any atom is 0.320 e. The van der Waals surface area contributed by atoms with Crippen molar-refractivity contribution >= 4 is 0 Å². The highest BCUT2D eigenvalue weighted by molar-refractivity contribution is 5.34. The first-order valence-electron chi connectivity index (χ1n) is 4.77. The second-order valence-electron chi connectivity index (χ2n) is 3.50. The number of benzene rings is 1. The molecule has 0 aliphatic carbocycles. The van der Waals surface area contributed by atoms with Gasteiger partial charge in [0.25, 0.3) is 0 Å². The molecule has 1 N–H and O–H groups in total. The number of nitrogens with one attached hydrogen (secondary N) is 1. The van der Waals surface area contributed by atoms with Gasteiger partial charge in [0.05, 0.1) is 5.69 Å². The topological polar surface area (TPSA) is 54.9 Å². The van der Waals surface area contributed by atoms with Crippen LogP contribution in [0.5, 0.6) is 0 Å². The van der Waals surface area contributed by atoms with E-state index in [0.29, 0.717) is 5.69 Å². The molecule has 2 rings (SSSR count). The summed E-state index contributed by atoms with van der Waals surface area (Å²) in [7, 11) is 0. The molecule has 0 unspecified atom stereocenters. The van der Waals surface area contributed by atoms with Gasteiger partial charge in [-0.05, 0) is 19.1 Å². The Labute approximate surface area is 94.2 Å². The average molecular weight is 238 g/mol. The molecule has 1 aromatic heterocycles. The fourth-order valence-corrected chi connectivity index (χ4v) is 1.50. The van der Waals surface area contributed by atoms with Crippen LogP contribution in [0.1, 0.15) is 5.69 Å². The third kappa shape index (κ3) is 1.89. The van der Waals surface area contributed by atoms with E-state index in [1.807, 2.05) is 0 Å². The van der Waals surface area contributed by atoms with Gasteiger partial charge in [0, 0.05) is 18.0 Å². The quantitative estimate of drug-likeness (QED) is 0.757. The number of aromatic nitrogens is 2. The number of H-pyrrole nitrogens is 1.